The Kier molecular flexibility index (Phi) is 5.70. The molecule has 0 amide bonds. The highest BCUT2D eigenvalue weighted by Gasteiger charge is 2.02. The van der Waals surface area contributed by atoms with Gasteiger partial charge in [0.15, 0.2) is 5.82 Å². The van der Waals surface area contributed by atoms with Gasteiger partial charge < -0.3 is 10.1 Å². The van der Waals surface area contributed by atoms with Gasteiger partial charge in [-0.25, -0.2) is 9.67 Å². The first-order chi connectivity index (χ1) is 9.79. The van der Waals surface area contributed by atoms with Crippen molar-refractivity contribution >= 4 is 0 Å². The van der Waals surface area contributed by atoms with Gasteiger partial charge in [-0.05, 0) is 49.6 Å². The number of pyridine rings is 1. The molecule has 0 unspecified atom stereocenters. The Balaban J connectivity index is 1.80. The molecule has 2 heterocycles. The first kappa shape index (κ1) is 14.7. The van der Waals surface area contributed by atoms with E-state index in [1.54, 1.807) is 7.11 Å². The van der Waals surface area contributed by atoms with Gasteiger partial charge in [-0.15, -0.1) is 0 Å². The van der Waals surface area contributed by atoms with Crippen LogP contribution in [0.15, 0.2) is 30.7 Å². The summed E-state index contributed by atoms with van der Waals surface area (Å²) in [6.45, 7) is 4.72. The Labute approximate surface area is 120 Å². The molecule has 0 radical (unpaired) electrons. The van der Waals surface area contributed by atoms with Gasteiger partial charge >= 0.3 is 0 Å². The monoisotopic (exact) mass is 274 g/mol. The Morgan fingerprint density at radius 1 is 1.35 bits per heavy atom. The number of hydrogen-bond acceptors (Lipinski definition) is 4. The number of nitrogens with one attached hydrogen (secondary N) is 1. The quantitative estimate of drug-likeness (QED) is 0.745. The number of hydrogen-bond donors (Lipinski definition) is 1. The largest absolute Gasteiger partial charge is 0.383 e. The van der Waals surface area contributed by atoms with Crippen molar-refractivity contribution in [1.29, 1.82) is 0 Å². The number of rotatable bonds is 8. The minimum absolute atomic E-state index is 0.761. The molecular formula is C15H22N4O. The molecule has 0 aliphatic rings. The summed E-state index contributed by atoms with van der Waals surface area (Å²) < 4.78 is 6.82. The summed E-state index contributed by atoms with van der Waals surface area (Å²) in [6, 6.07) is 4.02. The first-order valence-corrected chi connectivity index (χ1v) is 6.96. The van der Waals surface area contributed by atoms with Crippen LogP contribution < -0.4 is 5.32 Å². The van der Waals surface area contributed by atoms with Gasteiger partial charge in [0, 0.05) is 26.0 Å². The molecule has 0 atom stereocenters. The van der Waals surface area contributed by atoms with Gasteiger partial charge in [0.1, 0.15) is 0 Å². The molecule has 1 N–H and O–H groups in total. The Morgan fingerprint density at radius 3 is 3.05 bits per heavy atom. The molecule has 5 heteroatoms. The number of ether oxygens (including phenoxy) is 1. The predicted octanol–water partition coefficient (Wildman–Crippen LogP) is 1.74. The molecule has 0 bridgehead atoms. The molecule has 108 valence electrons. The Bertz CT molecular complexity index is 524. The van der Waals surface area contributed by atoms with Crippen LogP contribution in [0, 0.1) is 6.92 Å². The number of aromatic nitrogens is 3. The standard InChI is InChI=1S/C15H22N4O/c1-13-5-7-17-15(10-13)19-12-14(11-18-19)4-3-6-16-8-9-20-2/h5,7,10-12,16H,3-4,6,8-9H2,1-2H3. The van der Waals surface area contributed by atoms with Crippen molar-refractivity contribution in [1.82, 2.24) is 20.1 Å². The summed E-state index contributed by atoms with van der Waals surface area (Å²) >= 11 is 0. The third-order valence-corrected chi connectivity index (χ3v) is 3.07. The van der Waals surface area contributed by atoms with E-state index in [2.05, 4.69) is 28.5 Å². The molecule has 0 spiro atoms. The van der Waals surface area contributed by atoms with Crippen LogP contribution in [0.25, 0.3) is 5.82 Å². The van der Waals surface area contributed by atoms with Crippen LogP contribution in [0.4, 0.5) is 0 Å². The lowest BCUT2D eigenvalue weighted by Gasteiger charge is -2.02. The lowest BCUT2D eigenvalue weighted by Crippen LogP contribution is -2.20. The van der Waals surface area contributed by atoms with Crippen LogP contribution in [0.3, 0.4) is 0 Å². The van der Waals surface area contributed by atoms with E-state index in [1.165, 1.54) is 11.1 Å². The van der Waals surface area contributed by atoms with E-state index >= 15 is 0 Å². The maximum atomic E-state index is 4.99. The van der Waals surface area contributed by atoms with Crippen molar-refractivity contribution < 1.29 is 4.74 Å². The fourth-order valence-corrected chi connectivity index (χ4v) is 1.98. The molecular weight excluding hydrogens is 252 g/mol. The fourth-order valence-electron chi connectivity index (χ4n) is 1.98. The van der Waals surface area contributed by atoms with Crippen molar-refractivity contribution in [3.05, 3.63) is 41.9 Å². The second kappa shape index (κ2) is 7.77. The summed E-state index contributed by atoms with van der Waals surface area (Å²) in [7, 11) is 1.72. The maximum Gasteiger partial charge on any atom is 0.153 e. The van der Waals surface area contributed by atoms with E-state index in [0.29, 0.717) is 0 Å². The molecule has 0 aliphatic heterocycles. The van der Waals surface area contributed by atoms with Crippen molar-refractivity contribution in [3.63, 3.8) is 0 Å². The third-order valence-electron chi connectivity index (χ3n) is 3.07. The van der Waals surface area contributed by atoms with Crippen LogP contribution in [-0.4, -0.2) is 41.6 Å². The van der Waals surface area contributed by atoms with Crippen molar-refractivity contribution in [2.75, 3.05) is 26.8 Å². The van der Waals surface area contributed by atoms with Gasteiger partial charge in [-0.3, -0.25) is 0 Å². The summed E-state index contributed by atoms with van der Waals surface area (Å²) in [6.07, 6.45) is 7.89. The van der Waals surface area contributed by atoms with Crippen molar-refractivity contribution in [2.24, 2.45) is 0 Å². The first-order valence-electron chi connectivity index (χ1n) is 6.96. The molecule has 2 aromatic heterocycles. The Morgan fingerprint density at radius 2 is 2.25 bits per heavy atom. The molecule has 0 saturated carbocycles. The minimum Gasteiger partial charge on any atom is -0.383 e. The second-order valence-electron chi connectivity index (χ2n) is 4.83. The van der Waals surface area contributed by atoms with Crippen LogP contribution in [-0.2, 0) is 11.2 Å². The zero-order chi connectivity index (χ0) is 14.2. The Hall–Kier alpha value is -1.72. The molecule has 2 aromatic rings. The van der Waals surface area contributed by atoms with Gasteiger partial charge in [0.25, 0.3) is 0 Å². The van der Waals surface area contributed by atoms with Gasteiger partial charge in [0.05, 0.1) is 12.8 Å². The van der Waals surface area contributed by atoms with Crippen LogP contribution in [0.1, 0.15) is 17.5 Å². The number of methoxy groups -OCH3 is 1. The summed E-state index contributed by atoms with van der Waals surface area (Å²) in [4.78, 5) is 4.33. The van der Waals surface area contributed by atoms with Crippen molar-refractivity contribution in [3.8, 4) is 5.82 Å². The highest BCUT2D eigenvalue weighted by molar-refractivity contribution is 5.27. The molecule has 2 rings (SSSR count). The van der Waals surface area contributed by atoms with E-state index < -0.39 is 0 Å². The zero-order valence-corrected chi connectivity index (χ0v) is 12.2. The lowest BCUT2D eigenvalue weighted by molar-refractivity contribution is 0.199. The van der Waals surface area contributed by atoms with E-state index in [1.807, 2.05) is 29.2 Å². The predicted molar refractivity (Wildman–Crippen MR) is 79.2 cm³/mol. The highest BCUT2D eigenvalue weighted by atomic mass is 16.5. The van der Waals surface area contributed by atoms with E-state index in [-0.39, 0.29) is 0 Å². The molecule has 0 fully saturated rings. The molecule has 0 saturated heterocycles. The maximum absolute atomic E-state index is 4.99. The average Bonchev–Trinajstić information content (AvgIpc) is 2.91. The zero-order valence-electron chi connectivity index (χ0n) is 12.2. The van der Waals surface area contributed by atoms with E-state index in [9.17, 15) is 0 Å². The normalized spacial score (nSPS) is 10.9. The SMILES string of the molecule is COCCNCCCc1cnn(-c2cc(C)ccn2)c1. The summed E-state index contributed by atoms with van der Waals surface area (Å²) in [5.74, 6) is 0.870. The third kappa shape index (κ3) is 4.43. The van der Waals surface area contributed by atoms with Crippen LogP contribution in [0.5, 0.6) is 0 Å². The van der Waals surface area contributed by atoms with Crippen LogP contribution in [0.2, 0.25) is 0 Å². The van der Waals surface area contributed by atoms with Crippen molar-refractivity contribution in [2.45, 2.75) is 19.8 Å². The average molecular weight is 274 g/mol. The summed E-state index contributed by atoms with van der Waals surface area (Å²) in [5, 5.41) is 7.71. The summed E-state index contributed by atoms with van der Waals surface area (Å²) in [5.41, 5.74) is 2.43. The number of nitrogens with zero attached hydrogens (tertiary/aromatic N) is 3. The number of aryl methyl sites for hydroxylation is 2. The molecule has 0 aromatic carbocycles. The lowest BCUT2D eigenvalue weighted by atomic mass is 10.2. The smallest absolute Gasteiger partial charge is 0.153 e. The molecule has 5 nitrogen and oxygen atoms in total. The second-order valence-corrected chi connectivity index (χ2v) is 4.83. The van der Waals surface area contributed by atoms with Gasteiger partial charge in [-0.1, -0.05) is 0 Å². The fraction of sp³-hybridized carbons (Fsp3) is 0.467. The molecule has 20 heavy (non-hydrogen) atoms. The van der Waals surface area contributed by atoms with E-state index in [4.69, 9.17) is 4.74 Å². The van der Waals surface area contributed by atoms with E-state index in [0.717, 1.165) is 38.4 Å². The highest BCUT2D eigenvalue weighted by Crippen LogP contribution is 2.08. The molecule has 0 aliphatic carbocycles. The topological polar surface area (TPSA) is 52.0 Å². The minimum atomic E-state index is 0.761. The van der Waals surface area contributed by atoms with Gasteiger partial charge in [-0.2, -0.15) is 5.10 Å². The van der Waals surface area contributed by atoms with Crippen LogP contribution >= 0.6 is 0 Å². The van der Waals surface area contributed by atoms with Gasteiger partial charge in [0.2, 0.25) is 0 Å².